The number of rotatable bonds is 8. The number of hydrogen-bond donors (Lipinski definition) is 1. The molecule has 19 heavy (non-hydrogen) atoms. The first-order chi connectivity index (χ1) is 9.03. The lowest BCUT2D eigenvalue weighted by atomic mass is 9.84. The quantitative estimate of drug-likeness (QED) is 0.741. The van der Waals surface area contributed by atoms with Crippen LogP contribution in [0, 0.1) is 5.41 Å². The number of halogens is 2. The number of aromatic nitrogens is 2. The van der Waals surface area contributed by atoms with Gasteiger partial charge in [0.1, 0.15) is 0 Å². The van der Waals surface area contributed by atoms with E-state index in [9.17, 15) is 0 Å². The Bertz CT molecular complexity index is 389. The van der Waals surface area contributed by atoms with Crippen molar-refractivity contribution < 1.29 is 0 Å². The van der Waals surface area contributed by atoms with Gasteiger partial charge < -0.3 is 5.32 Å². The topological polar surface area (TPSA) is 29.9 Å². The van der Waals surface area contributed by atoms with E-state index in [-0.39, 0.29) is 5.41 Å². The number of nitrogens with zero attached hydrogens (tertiary/aromatic N) is 2. The molecule has 1 N–H and O–H groups in total. The van der Waals surface area contributed by atoms with Crippen molar-refractivity contribution in [3.63, 3.8) is 0 Å². The Morgan fingerprint density at radius 3 is 2.32 bits per heavy atom. The summed E-state index contributed by atoms with van der Waals surface area (Å²) >= 11 is 12.4. The van der Waals surface area contributed by atoms with E-state index in [0.717, 1.165) is 48.8 Å². The highest BCUT2D eigenvalue weighted by atomic mass is 35.5. The third-order valence-corrected chi connectivity index (χ3v) is 5.08. The summed E-state index contributed by atoms with van der Waals surface area (Å²) in [6.07, 6.45) is 3.03. The SMILES string of the molecule is CCc1nn(C)c(CNCC(CC)(CC)CCl)c1Cl. The molecule has 1 aromatic rings. The number of hydrogen-bond acceptors (Lipinski definition) is 2. The fourth-order valence-electron chi connectivity index (χ4n) is 2.19. The van der Waals surface area contributed by atoms with Crippen molar-refractivity contribution in [2.45, 2.75) is 46.6 Å². The Balaban J connectivity index is 2.65. The monoisotopic (exact) mass is 305 g/mol. The van der Waals surface area contributed by atoms with Gasteiger partial charge in [0.2, 0.25) is 0 Å². The zero-order valence-corrected chi connectivity index (χ0v) is 13.9. The molecule has 0 aliphatic rings. The summed E-state index contributed by atoms with van der Waals surface area (Å²) in [6, 6.07) is 0. The zero-order chi connectivity index (χ0) is 14.5. The summed E-state index contributed by atoms with van der Waals surface area (Å²) in [5, 5.41) is 8.70. The highest BCUT2D eigenvalue weighted by Crippen LogP contribution is 2.27. The van der Waals surface area contributed by atoms with Gasteiger partial charge in [-0.05, 0) is 24.7 Å². The van der Waals surface area contributed by atoms with Crippen molar-refractivity contribution in [1.29, 1.82) is 0 Å². The molecule has 1 heterocycles. The van der Waals surface area contributed by atoms with Crippen molar-refractivity contribution in [1.82, 2.24) is 15.1 Å². The Hall–Kier alpha value is -0.250. The lowest BCUT2D eigenvalue weighted by Gasteiger charge is -2.29. The molecule has 0 aliphatic carbocycles. The van der Waals surface area contributed by atoms with Crippen molar-refractivity contribution in [2.24, 2.45) is 12.5 Å². The first-order valence-electron chi connectivity index (χ1n) is 7.00. The predicted molar refractivity (Wildman–Crippen MR) is 83.0 cm³/mol. The molecule has 1 aromatic heterocycles. The molecule has 0 radical (unpaired) electrons. The normalized spacial score (nSPS) is 12.1. The molecule has 0 fully saturated rings. The van der Waals surface area contributed by atoms with Crippen LogP contribution in [0.3, 0.4) is 0 Å². The Kier molecular flexibility index (Phi) is 6.64. The van der Waals surface area contributed by atoms with Crippen LogP contribution in [-0.2, 0) is 20.0 Å². The third kappa shape index (κ3) is 3.87. The summed E-state index contributed by atoms with van der Waals surface area (Å²) in [5.74, 6) is 0.687. The van der Waals surface area contributed by atoms with Gasteiger partial charge in [0.25, 0.3) is 0 Å². The van der Waals surface area contributed by atoms with Gasteiger partial charge in [0.15, 0.2) is 0 Å². The van der Waals surface area contributed by atoms with Gasteiger partial charge in [0, 0.05) is 26.0 Å². The number of aryl methyl sites for hydroxylation is 2. The van der Waals surface area contributed by atoms with Gasteiger partial charge in [-0.25, -0.2) is 0 Å². The predicted octanol–water partition coefficient (Wildman–Crippen LogP) is 3.77. The van der Waals surface area contributed by atoms with Crippen LogP contribution in [0.25, 0.3) is 0 Å². The van der Waals surface area contributed by atoms with Gasteiger partial charge in [0.05, 0.1) is 16.4 Å². The van der Waals surface area contributed by atoms with Gasteiger partial charge in [-0.2, -0.15) is 5.10 Å². The van der Waals surface area contributed by atoms with E-state index in [1.165, 1.54) is 0 Å². The molecule has 1 rings (SSSR count). The van der Waals surface area contributed by atoms with Crippen molar-refractivity contribution in [3.8, 4) is 0 Å². The second-order valence-corrected chi connectivity index (χ2v) is 5.77. The Morgan fingerprint density at radius 1 is 1.26 bits per heavy atom. The third-order valence-electron chi connectivity index (χ3n) is 4.08. The molecule has 0 spiro atoms. The number of nitrogens with one attached hydrogen (secondary N) is 1. The van der Waals surface area contributed by atoms with E-state index in [2.05, 4.69) is 31.2 Å². The highest BCUT2D eigenvalue weighted by Gasteiger charge is 2.24. The first-order valence-corrected chi connectivity index (χ1v) is 7.91. The minimum Gasteiger partial charge on any atom is -0.311 e. The maximum absolute atomic E-state index is 6.33. The summed E-state index contributed by atoms with van der Waals surface area (Å²) < 4.78 is 1.87. The molecule has 0 amide bonds. The molecule has 0 bridgehead atoms. The van der Waals surface area contributed by atoms with Crippen molar-refractivity contribution in [2.75, 3.05) is 12.4 Å². The first kappa shape index (κ1) is 16.8. The molecular formula is C14H25Cl2N3. The maximum atomic E-state index is 6.33. The minimum atomic E-state index is 0.181. The van der Waals surface area contributed by atoms with Gasteiger partial charge >= 0.3 is 0 Å². The van der Waals surface area contributed by atoms with E-state index >= 15 is 0 Å². The van der Waals surface area contributed by atoms with Crippen LogP contribution in [0.4, 0.5) is 0 Å². The summed E-state index contributed by atoms with van der Waals surface area (Å²) in [7, 11) is 1.94. The molecule has 0 saturated heterocycles. The molecule has 0 aromatic carbocycles. The molecule has 0 aliphatic heterocycles. The van der Waals surface area contributed by atoms with Gasteiger partial charge in [-0.1, -0.05) is 32.4 Å². The molecule has 0 unspecified atom stereocenters. The second-order valence-electron chi connectivity index (χ2n) is 5.13. The van der Waals surface area contributed by atoms with Crippen LogP contribution in [-0.4, -0.2) is 22.2 Å². The zero-order valence-electron chi connectivity index (χ0n) is 12.4. The van der Waals surface area contributed by atoms with Gasteiger partial charge in [-0.15, -0.1) is 11.6 Å². The van der Waals surface area contributed by atoms with Crippen LogP contribution < -0.4 is 5.32 Å². The van der Waals surface area contributed by atoms with E-state index < -0.39 is 0 Å². The molecule has 0 saturated carbocycles. The fourth-order valence-corrected chi connectivity index (χ4v) is 3.03. The van der Waals surface area contributed by atoms with Gasteiger partial charge in [-0.3, -0.25) is 4.68 Å². The Morgan fingerprint density at radius 2 is 1.89 bits per heavy atom. The van der Waals surface area contributed by atoms with E-state index in [1.54, 1.807) is 0 Å². The van der Waals surface area contributed by atoms with Crippen LogP contribution >= 0.6 is 23.2 Å². The second kappa shape index (κ2) is 7.51. The smallest absolute Gasteiger partial charge is 0.0863 e. The van der Waals surface area contributed by atoms with E-state index in [0.29, 0.717) is 5.88 Å². The summed E-state index contributed by atoms with van der Waals surface area (Å²) in [6.45, 7) is 8.10. The molecular weight excluding hydrogens is 281 g/mol. The summed E-state index contributed by atoms with van der Waals surface area (Å²) in [4.78, 5) is 0. The van der Waals surface area contributed by atoms with Crippen LogP contribution in [0.2, 0.25) is 5.02 Å². The largest absolute Gasteiger partial charge is 0.311 e. The van der Waals surface area contributed by atoms with Crippen molar-refractivity contribution in [3.05, 3.63) is 16.4 Å². The van der Waals surface area contributed by atoms with Crippen LogP contribution in [0.1, 0.15) is 45.0 Å². The lowest BCUT2D eigenvalue weighted by Crippen LogP contribution is -2.35. The molecule has 0 atom stereocenters. The minimum absolute atomic E-state index is 0.181. The van der Waals surface area contributed by atoms with Crippen molar-refractivity contribution >= 4 is 23.2 Å². The molecule has 3 nitrogen and oxygen atoms in total. The highest BCUT2D eigenvalue weighted by molar-refractivity contribution is 6.31. The van der Waals surface area contributed by atoms with Crippen LogP contribution in [0.5, 0.6) is 0 Å². The maximum Gasteiger partial charge on any atom is 0.0863 e. The average Bonchev–Trinajstić information content (AvgIpc) is 2.71. The van der Waals surface area contributed by atoms with Crippen LogP contribution in [0.15, 0.2) is 0 Å². The average molecular weight is 306 g/mol. The molecule has 110 valence electrons. The molecule has 5 heteroatoms. The van der Waals surface area contributed by atoms with E-state index in [4.69, 9.17) is 23.2 Å². The Labute approximate surface area is 126 Å². The lowest BCUT2D eigenvalue weighted by molar-refractivity contribution is 0.285. The standard InChI is InChI=1S/C14H25Cl2N3/c1-5-11-13(16)12(19(4)18-11)8-17-10-14(6-2,7-3)9-15/h17H,5-10H2,1-4H3. The fraction of sp³-hybridized carbons (Fsp3) is 0.786. The number of alkyl halides is 1. The van der Waals surface area contributed by atoms with E-state index in [1.807, 2.05) is 11.7 Å². The summed E-state index contributed by atoms with van der Waals surface area (Å²) in [5.41, 5.74) is 2.20.